The first kappa shape index (κ1) is 24.2. The Morgan fingerprint density at radius 2 is 1.57 bits per heavy atom. The van der Waals surface area contributed by atoms with E-state index in [0.29, 0.717) is 0 Å². The zero-order valence-electron chi connectivity index (χ0n) is 15.4. The molecule has 0 saturated carbocycles. The number of hydrogen-bond donors (Lipinski definition) is 0. The highest BCUT2D eigenvalue weighted by Crippen LogP contribution is 2.23. The van der Waals surface area contributed by atoms with Crippen LogP contribution in [0.2, 0.25) is 0 Å². The highest BCUT2D eigenvalue weighted by Gasteiger charge is 2.26. The third-order valence-corrected chi connectivity index (χ3v) is 4.04. The molecule has 0 aliphatic carbocycles. The Balaban J connectivity index is 0.000000307. The Morgan fingerprint density at radius 3 is 2.00 bits per heavy atom. The summed E-state index contributed by atoms with van der Waals surface area (Å²) in [6.07, 6.45) is 2.22. The van der Waals surface area contributed by atoms with Gasteiger partial charge in [-0.25, -0.2) is 35.3 Å². The van der Waals surface area contributed by atoms with Gasteiger partial charge in [0.25, 0.3) is 0 Å². The van der Waals surface area contributed by atoms with Gasteiger partial charge in [-0.2, -0.15) is 0 Å². The molecule has 0 spiro atoms. The lowest BCUT2D eigenvalue weighted by Crippen LogP contribution is -2.46. The second kappa shape index (κ2) is 10.1. The molecule has 160 valence electrons. The standard InChI is InChI=1S/C8H18N3.C7H3F5O4S/c1-4-10-6-9(3)7-11(5-2)8-10;8-3-2(1-16-17(13,14)15)4(9)6(11)7(12)5(3)10/h8H,4-7H2,1-3H3;1H2,(H,13,14,15)/q+1;/p-1. The molecule has 0 aromatic heterocycles. The molecular formula is C15H20F5N3O4S. The lowest BCUT2D eigenvalue weighted by atomic mass is 10.2. The minimum absolute atomic E-state index is 1.06. The predicted molar refractivity (Wildman–Crippen MR) is 87.5 cm³/mol. The van der Waals surface area contributed by atoms with Gasteiger partial charge in [0.05, 0.1) is 25.3 Å². The van der Waals surface area contributed by atoms with Crippen LogP contribution >= 0.6 is 0 Å². The van der Waals surface area contributed by atoms with Gasteiger partial charge in [0.15, 0.2) is 23.3 Å². The summed E-state index contributed by atoms with van der Waals surface area (Å²) in [4.78, 5) is 4.62. The molecule has 1 aromatic carbocycles. The summed E-state index contributed by atoms with van der Waals surface area (Å²) < 4.78 is 99.1. The third-order valence-electron chi connectivity index (χ3n) is 3.63. The molecule has 13 heteroatoms. The summed E-state index contributed by atoms with van der Waals surface area (Å²) in [5, 5.41) is 0. The summed E-state index contributed by atoms with van der Waals surface area (Å²) >= 11 is 0. The minimum atomic E-state index is -5.31. The van der Waals surface area contributed by atoms with E-state index in [1.807, 2.05) is 0 Å². The molecule has 1 aliphatic heterocycles. The number of hydrogen-bond acceptors (Lipinski definition) is 6. The van der Waals surface area contributed by atoms with Crippen LogP contribution in [0.3, 0.4) is 0 Å². The van der Waals surface area contributed by atoms with Gasteiger partial charge in [0, 0.05) is 0 Å². The molecule has 28 heavy (non-hydrogen) atoms. The van der Waals surface area contributed by atoms with Crippen LogP contribution in [0.1, 0.15) is 19.4 Å². The van der Waals surface area contributed by atoms with Crippen LogP contribution < -0.4 is 0 Å². The molecule has 0 amide bonds. The van der Waals surface area contributed by atoms with E-state index in [0.717, 1.165) is 26.4 Å². The van der Waals surface area contributed by atoms with Gasteiger partial charge in [-0.05, 0) is 20.9 Å². The van der Waals surface area contributed by atoms with E-state index in [2.05, 4.69) is 45.8 Å². The van der Waals surface area contributed by atoms with Crippen molar-refractivity contribution in [3.8, 4) is 0 Å². The zero-order chi connectivity index (χ0) is 21.6. The molecular weight excluding hydrogens is 413 g/mol. The quantitative estimate of drug-likeness (QED) is 0.175. The molecule has 0 saturated heterocycles. The maximum absolute atomic E-state index is 12.9. The molecule has 0 bridgehead atoms. The van der Waals surface area contributed by atoms with Crippen LogP contribution in [0.5, 0.6) is 0 Å². The van der Waals surface area contributed by atoms with E-state index in [-0.39, 0.29) is 0 Å². The lowest BCUT2D eigenvalue weighted by molar-refractivity contribution is -0.552. The van der Waals surface area contributed by atoms with Crippen molar-refractivity contribution in [2.24, 2.45) is 0 Å². The van der Waals surface area contributed by atoms with Gasteiger partial charge < -0.3 is 4.55 Å². The molecule has 7 nitrogen and oxygen atoms in total. The van der Waals surface area contributed by atoms with Gasteiger partial charge in [-0.1, -0.05) is 0 Å². The smallest absolute Gasteiger partial charge is 0.236 e. The van der Waals surface area contributed by atoms with Gasteiger partial charge >= 0.3 is 0 Å². The fraction of sp³-hybridized carbons (Fsp3) is 0.533. The fourth-order valence-corrected chi connectivity index (χ4v) is 2.50. The first-order chi connectivity index (χ1) is 12.9. The van der Waals surface area contributed by atoms with Crippen molar-refractivity contribution in [2.45, 2.75) is 20.5 Å². The molecule has 0 unspecified atom stereocenters. The van der Waals surface area contributed by atoms with Crippen LogP contribution in [-0.2, 0) is 21.2 Å². The molecule has 0 N–H and O–H groups in total. The highest BCUT2D eigenvalue weighted by molar-refractivity contribution is 7.80. The topological polar surface area (TPSA) is 75.9 Å². The largest absolute Gasteiger partial charge is 0.726 e. The Morgan fingerprint density at radius 1 is 1.07 bits per heavy atom. The van der Waals surface area contributed by atoms with Crippen LogP contribution in [0.15, 0.2) is 0 Å². The van der Waals surface area contributed by atoms with E-state index in [9.17, 15) is 34.9 Å². The van der Waals surface area contributed by atoms with E-state index >= 15 is 0 Å². The Labute approximate surface area is 159 Å². The van der Waals surface area contributed by atoms with E-state index in [1.165, 1.54) is 0 Å². The number of benzene rings is 1. The van der Waals surface area contributed by atoms with Crippen molar-refractivity contribution < 1.29 is 43.7 Å². The van der Waals surface area contributed by atoms with Crippen molar-refractivity contribution in [3.63, 3.8) is 0 Å². The first-order valence-electron chi connectivity index (χ1n) is 8.03. The second-order valence-electron chi connectivity index (χ2n) is 5.78. The SMILES string of the molecule is CCN1C=[N+](CC)CN(C)C1.O=S(=O)([O-])OCc1c(F)c(F)c(F)c(F)c1F. The lowest BCUT2D eigenvalue weighted by Gasteiger charge is -2.26. The number of rotatable bonds is 5. The predicted octanol–water partition coefficient (Wildman–Crippen LogP) is 1.59. The average molecular weight is 433 g/mol. The fourth-order valence-electron chi connectivity index (χ4n) is 2.24. The van der Waals surface area contributed by atoms with E-state index < -0.39 is 51.7 Å². The van der Waals surface area contributed by atoms with Crippen LogP contribution in [0.25, 0.3) is 0 Å². The van der Waals surface area contributed by atoms with Crippen molar-refractivity contribution in [3.05, 3.63) is 34.6 Å². The highest BCUT2D eigenvalue weighted by atomic mass is 32.3. The summed E-state index contributed by atoms with van der Waals surface area (Å²) in [5.74, 6) is -11.4. The van der Waals surface area contributed by atoms with Crippen molar-refractivity contribution in [1.29, 1.82) is 0 Å². The molecule has 0 atom stereocenters. The molecule has 2 rings (SSSR count). The molecule has 0 radical (unpaired) electrons. The van der Waals surface area contributed by atoms with Crippen LogP contribution in [0, 0.1) is 29.1 Å². The second-order valence-corrected chi connectivity index (χ2v) is 6.84. The van der Waals surface area contributed by atoms with Crippen molar-refractivity contribution in [1.82, 2.24) is 9.80 Å². The third kappa shape index (κ3) is 6.65. The van der Waals surface area contributed by atoms with Gasteiger partial charge in [0.1, 0.15) is 13.3 Å². The molecule has 1 aromatic rings. The normalized spacial score (nSPS) is 15.2. The summed E-state index contributed by atoms with van der Waals surface area (Å²) in [6.45, 7) is 7.10. The summed E-state index contributed by atoms with van der Waals surface area (Å²) in [5.41, 5.74) is -1.54. The number of nitrogens with zero attached hydrogens (tertiary/aromatic N) is 3. The van der Waals surface area contributed by atoms with Gasteiger partial charge in [0.2, 0.25) is 22.6 Å². The monoisotopic (exact) mass is 433 g/mol. The van der Waals surface area contributed by atoms with Gasteiger partial charge in [-0.3, -0.25) is 13.7 Å². The molecule has 1 aliphatic rings. The van der Waals surface area contributed by atoms with Crippen LogP contribution in [0.4, 0.5) is 22.0 Å². The van der Waals surface area contributed by atoms with Crippen LogP contribution in [-0.4, -0.2) is 67.2 Å². The zero-order valence-corrected chi connectivity index (χ0v) is 16.2. The Hall–Kier alpha value is -1.83. The molecule has 1 heterocycles. The summed E-state index contributed by atoms with van der Waals surface area (Å²) in [6, 6.07) is 0. The maximum atomic E-state index is 12.9. The average Bonchev–Trinajstić information content (AvgIpc) is 2.63. The van der Waals surface area contributed by atoms with Gasteiger partial charge in [-0.15, -0.1) is 0 Å². The Kier molecular flexibility index (Phi) is 8.73. The van der Waals surface area contributed by atoms with E-state index in [1.54, 1.807) is 0 Å². The summed E-state index contributed by atoms with van der Waals surface area (Å²) in [7, 11) is -3.16. The minimum Gasteiger partial charge on any atom is -0.726 e. The number of halogens is 5. The first-order valence-corrected chi connectivity index (χ1v) is 9.36. The van der Waals surface area contributed by atoms with Crippen molar-refractivity contribution >= 4 is 16.7 Å². The molecule has 0 fully saturated rings. The van der Waals surface area contributed by atoms with Crippen molar-refractivity contribution in [2.75, 3.05) is 33.5 Å². The Bertz CT molecular complexity index is 806. The maximum Gasteiger partial charge on any atom is 0.236 e. The van der Waals surface area contributed by atoms with E-state index in [4.69, 9.17) is 0 Å².